The number of hydrogen-bond donors (Lipinski definition) is 5. The summed E-state index contributed by atoms with van der Waals surface area (Å²) in [5.74, 6) is 0.118. The Morgan fingerprint density at radius 2 is 1.45 bits per heavy atom. The highest BCUT2D eigenvalue weighted by Gasteiger charge is 2.46. The highest BCUT2D eigenvalue weighted by molar-refractivity contribution is 7.64. The zero-order valence-corrected chi connectivity index (χ0v) is 26.2. The van der Waals surface area contributed by atoms with E-state index in [2.05, 4.69) is 26.2 Å². The lowest BCUT2D eigenvalue weighted by atomic mass is 10.0. The number of rotatable bonds is 21. The summed E-state index contributed by atoms with van der Waals surface area (Å²) in [6.45, 7) is 1.54. The molecule has 2 aromatic heterocycles. The van der Waals surface area contributed by atoms with Crippen LogP contribution in [0.15, 0.2) is 12.7 Å². The Balaban J connectivity index is 1.31. The van der Waals surface area contributed by atoms with Gasteiger partial charge in [-0.2, -0.15) is 0 Å². The molecule has 0 bridgehead atoms. The van der Waals surface area contributed by atoms with Crippen molar-refractivity contribution in [3.05, 3.63) is 12.7 Å². The molecule has 0 amide bonds. The number of unbranched alkanes of at least 4 members (excludes halogenated alkanes) is 13. The molecule has 0 saturated carbocycles. The van der Waals surface area contributed by atoms with E-state index in [1.165, 1.54) is 75.0 Å². The zero-order valence-electron chi connectivity index (χ0n) is 24.4. The smallest absolute Gasteiger partial charge is 0.387 e. The summed E-state index contributed by atoms with van der Waals surface area (Å²) in [5, 5.41) is 20.9. The fraction of sp³-hybridized carbons (Fsp3) is 0.808. The largest absolute Gasteiger partial charge is 0.479 e. The number of ether oxygens (including phenoxy) is 1. The second-order valence-corrected chi connectivity index (χ2v) is 14.5. The summed E-state index contributed by atoms with van der Waals surface area (Å²) >= 11 is 0. The number of imidazole rings is 1. The van der Waals surface area contributed by atoms with Crippen molar-refractivity contribution < 1.29 is 42.7 Å². The lowest BCUT2D eigenvalue weighted by Gasteiger charge is -2.19. The molecule has 16 heteroatoms. The highest BCUT2D eigenvalue weighted by Crippen LogP contribution is 2.60. The Labute approximate surface area is 247 Å². The Hall–Kier alpha value is -1.47. The predicted molar refractivity (Wildman–Crippen MR) is 158 cm³/mol. The number of aromatic nitrogens is 4. The molecule has 1 aliphatic heterocycles. The molecule has 1 fully saturated rings. The van der Waals surface area contributed by atoms with Gasteiger partial charge in [-0.25, -0.2) is 23.8 Å². The second kappa shape index (κ2) is 17.1. The number of aliphatic hydroxyl groups excluding tert-OH is 2. The maximum absolute atomic E-state index is 12.4. The number of aliphatic hydroxyl groups is 2. The molecule has 1 saturated heterocycles. The van der Waals surface area contributed by atoms with Crippen molar-refractivity contribution in [2.45, 2.75) is 121 Å². The molecular formula is C26H47N5O9P2. The predicted octanol–water partition coefficient (Wildman–Crippen LogP) is 4.83. The molecule has 6 N–H and O–H groups in total. The van der Waals surface area contributed by atoms with Crippen LogP contribution in [0.5, 0.6) is 0 Å². The van der Waals surface area contributed by atoms with E-state index in [-0.39, 0.29) is 23.1 Å². The number of anilines is 1. The third kappa shape index (κ3) is 10.9. The summed E-state index contributed by atoms with van der Waals surface area (Å²) in [4.78, 5) is 32.1. The van der Waals surface area contributed by atoms with Gasteiger partial charge in [-0.3, -0.25) is 13.7 Å². The molecule has 42 heavy (non-hydrogen) atoms. The quantitative estimate of drug-likeness (QED) is 0.0920. The zero-order chi connectivity index (χ0) is 30.6. The van der Waals surface area contributed by atoms with Gasteiger partial charge in [0.25, 0.3) is 0 Å². The fourth-order valence-corrected chi connectivity index (χ4v) is 7.82. The van der Waals surface area contributed by atoms with E-state index in [0.29, 0.717) is 12.8 Å². The molecule has 240 valence electrons. The van der Waals surface area contributed by atoms with E-state index in [1.54, 1.807) is 0 Å². The van der Waals surface area contributed by atoms with Gasteiger partial charge < -0.3 is 30.5 Å². The first-order valence-corrected chi connectivity index (χ1v) is 18.3. The first kappa shape index (κ1) is 35.0. The van der Waals surface area contributed by atoms with Gasteiger partial charge in [0.2, 0.25) is 0 Å². The molecule has 6 atom stereocenters. The molecule has 3 heterocycles. The van der Waals surface area contributed by atoms with Gasteiger partial charge >= 0.3 is 15.4 Å². The molecule has 0 aliphatic carbocycles. The molecule has 1 aliphatic rings. The van der Waals surface area contributed by atoms with Gasteiger partial charge in [-0.15, -0.1) is 0 Å². The van der Waals surface area contributed by atoms with Crippen LogP contribution in [0, 0.1) is 0 Å². The Morgan fingerprint density at radius 3 is 2.05 bits per heavy atom. The van der Waals surface area contributed by atoms with Crippen molar-refractivity contribution in [1.82, 2.24) is 19.5 Å². The van der Waals surface area contributed by atoms with Gasteiger partial charge in [0.1, 0.15) is 30.2 Å². The normalized spacial score (nSPS) is 23.7. The van der Waals surface area contributed by atoms with Gasteiger partial charge in [0.05, 0.1) is 19.1 Å². The van der Waals surface area contributed by atoms with Crippen molar-refractivity contribution in [2.24, 2.45) is 0 Å². The van der Waals surface area contributed by atoms with Crippen LogP contribution >= 0.6 is 15.4 Å². The standard InChI is InChI=1S/C26H47N5O9P2/c1-2-3-4-5-6-7-8-9-10-11-12-13-14-15-16-41(34,35)40-42(36,37)38-17-20-22(32)23(33)26(39-20)31-19-30-21-24(27)28-18-29-25(21)31/h18-20,22-23,26,32-33H,2-17H2,1H3,(H,34,35)(H,36,37)(H2,27,28,29)/t20-,22+,23-,26-/m1/s1. The lowest BCUT2D eigenvalue weighted by Crippen LogP contribution is -2.33. The first-order valence-electron chi connectivity index (χ1n) is 15.0. The Bertz CT molecular complexity index is 1190. The first-order chi connectivity index (χ1) is 20.0. The van der Waals surface area contributed by atoms with Gasteiger partial charge in [-0.05, 0) is 6.42 Å². The minimum atomic E-state index is -4.97. The van der Waals surface area contributed by atoms with E-state index in [1.807, 2.05) is 0 Å². The monoisotopic (exact) mass is 635 g/mol. The lowest BCUT2D eigenvalue weighted by molar-refractivity contribution is -0.0501. The van der Waals surface area contributed by atoms with Crippen LogP contribution in [-0.4, -0.2) is 70.6 Å². The topological polar surface area (TPSA) is 212 Å². The average molecular weight is 636 g/mol. The molecule has 2 aromatic rings. The molecule has 0 radical (unpaired) electrons. The number of phosphoric acid groups is 1. The second-order valence-electron chi connectivity index (χ2n) is 10.9. The van der Waals surface area contributed by atoms with E-state index in [9.17, 15) is 29.1 Å². The van der Waals surface area contributed by atoms with Gasteiger partial charge in [0, 0.05) is 0 Å². The molecule has 14 nitrogen and oxygen atoms in total. The van der Waals surface area contributed by atoms with Crippen LogP contribution in [0.25, 0.3) is 11.2 Å². The van der Waals surface area contributed by atoms with E-state index in [0.717, 1.165) is 19.3 Å². The molecule has 0 spiro atoms. The Morgan fingerprint density at radius 1 is 0.881 bits per heavy atom. The van der Waals surface area contributed by atoms with Crippen LogP contribution in [-0.2, 0) is 22.7 Å². The summed E-state index contributed by atoms with van der Waals surface area (Å²) in [6.07, 6.45) is 12.6. The average Bonchev–Trinajstić information content (AvgIpc) is 3.48. The highest BCUT2D eigenvalue weighted by atomic mass is 31.3. The van der Waals surface area contributed by atoms with Gasteiger partial charge in [0.15, 0.2) is 17.7 Å². The molecule has 2 unspecified atom stereocenters. The number of nitrogens with zero attached hydrogens (tertiary/aromatic N) is 4. The molecular weight excluding hydrogens is 588 g/mol. The van der Waals surface area contributed by atoms with Crippen molar-refractivity contribution in [2.75, 3.05) is 18.5 Å². The summed E-state index contributed by atoms with van der Waals surface area (Å²) in [5.41, 5.74) is 6.30. The maximum Gasteiger partial charge on any atom is 0.479 e. The number of fused-ring (bicyclic) bond motifs is 1. The SMILES string of the molecule is CCCCCCCCCCCCCCCCP(=O)(O)OP(=O)(O)OC[C@H]1O[C@@H](n2cnc3c(N)ncnc32)[C@H](O)[C@H]1O. The number of hydrogen-bond acceptors (Lipinski definition) is 11. The van der Waals surface area contributed by atoms with Crippen LogP contribution in [0.4, 0.5) is 5.82 Å². The van der Waals surface area contributed by atoms with Crippen LogP contribution in [0.3, 0.4) is 0 Å². The van der Waals surface area contributed by atoms with Crippen LogP contribution in [0.2, 0.25) is 0 Å². The van der Waals surface area contributed by atoms with E-state index >= 15 is 0 Å². The summed E-state index contributed by atoms with van der Waals surface area (Å²) in [6, 6.07) is 0. The van der Waals surface area contributed by atoms with E-state index in [4.69, 9.17) is 15.0 Å². The van der Waals surface area contributed by atoms with Crippen molar-refractivity contribution in [3.8, 4) is 0 Å². The van der Waals surface area contributed by atoms with Crippen LogP contribution in [0.1, 0.15) is 103 Å². The Kier molecular flexibility index (Phi) is 14.3. The maximum atomic E-state index is 12.4. The van der Waals surface area contributed by atoms with Crippen molar-refractivity contribution in [1.29, 1.82) is 0 Å². The third-order valence-corrected chi connectivity index (χ3v) is 10.6. The van der Waals surface area contributed by atoms with Crippen LogP contribution < -0.4 is 5.73 Å². The number of nitrogen functional groups attached to an aromatic ring is 1. The summed E-state index contributed by atoms with van der Waals surface area (Å²) in [7, 11) is -9.37. The van der Waals surface area contributed by atoms with Crippen molar-refractivity contribution >= 4 is 32.4 Å². The minimum Gasteiger partial charge on any atom is -0.387 e. The van der Waals surface area contributed by atoms with E-state index < -0.39 is 46.6 Å². The number of nitrogens with two attached hydrogens (primary N) is 1. The summed E-state index contributed by atoms with van der Waals surface area (Å²) < 4.78 is 41.2. The molecule has 0 aromatic carbocycles. The fourth-order valence-electron chi connectivity index (χ4n) is 5.05. The van der Waals surface area contributed by atoms with Gasteiger partial charge in [-0.1, -0.05) is 90.4 Å². The minimum absolute atomic E-state index is 0.118. The van der Waals surface area contributed by atoms with Crippen molar-refractivity contribution in [3.63, 3.8) is 0 Å². The number of phosphoric ester groups is 1. The molecule has 3 rings (SSSR count). The third-order valence-electron chi connectivity index (χ3n) is 7.43.